The minimum absolute atomic E-state index is 0.0577. The number of terminal acetylenes is 1. The summed E-state index contributed by atoms with van der Waals surface area (Å²) in [4.78, 5) is 12.0. The maximum atomic E-state index is 12.0. The van der Waals surface area contributed by atoms with Crippen molar-refractivity contribution in [3.63, 3.8) is 0 Å². The fraction of sp³-hybridized carbons (Fsp3) is 0.593. The topological polar surface area (TPSA) is 35.5 Å². The van der Waals surface area contributed by atoms with Crippen LogP contribution in [0, 0.1) is 29.6 Å². The van der Waals surface area contributed by atoms with Crippen molar-refractivity contribution in [3.8, 4) is 12.3 Å². The van der Waals surface area contributed by atoms with Crippen LogP contribution in [0.15, 0.2) is 46.3 Å². The van der Waals surface area contributed by atoms with Crippen LogP contribution in [0.25, 0.3) is 0 Å². The monoisotopic (exact) mass is 448 g/mol. The highest BCUT2D eigenvalue weighted by molar-refractivity contribution is 6.19. The summed E-state index contributed by atoms with van der Waals surface area (Å²) in [5.74, 6) is 4.31. The Hall–Kier alpha value is -1.76. The third-order valence-corrected chi connectivity index (χ3v) is 6.92. The number of allylic oxidation sites excluding steroid dienone is 6. The van der Waals surface area contributed by atoms with Gasteiger partial charge in [0.2, 0.25) is 0 Å². The second-order valence-corrected chi connectivity index (χ2v) is 8.99. The lowest BCUT2D eigenvalue weighted by atomic mass is 9.68. The average molecular weight is 449 g/mol. The Morgan fingerprint density at radius 1 is 1.16 bits per heavy atom. The number of carbonyl (C=O) groups is 1. The summed E-state index contributed by atoms with van der Waals surface area (Å²) in [5, 5.41) is 0. The van der Waals surface area contributed by atoms with E-state index >= 15 is 0 Å². The number of carbonyl (C=O) groups excluding carboxylic acids is 1. The Balaban J connectivity index is 6.17. The number of alkyl halides is 1. The lowest BCUT2D eigenvalue weighted by Crippen LogP contribution is -2.33. The van der Waals surface area contributed by atoms with Crippen molar-refractivity contribution in [1.82, 2.24) is 0 Å². The number of Topliss-reactive ketones (excluding diaryl/α,β-unsaturated/α-hetero) is 1. The number of hydrogen-bond donors (Lipinski definition) is 0. The molecule has 4 heteroatoms. The van der Waals surface area contributed by atoms with Gasteiger partial charge in [0.1, 0.15) is 17.6 Å². The Morgan fingerprint density at radius 3 is 2.13 bits per heavy atom. The largest absolute Gasteiger partial charge is 0.496 e. The molecule has 0 rings (SSSR count). The van der Waals surface area contributed by atoms with E-state index in [9.17, 15) is 4.79 Å². The predicted molar refractivity (Wildman–Crippen MR) is 133 cm³/mol. The van der Waals surface area contributed by atoms with Crippen LogP contribution < -0.4 is 0 Å². The van der Waals surface area contributed by atoms with Gasteiger partial charge >= 0.3 is 0 Å². The van der Waals surface area contributed by atoms with E-state index in [0.29, 0.717) is 24.0 Å². The van der Waals surface area contributed by atoms with E-state index in [1.54, 1.807) is 21.1 Å². The number of rotatable bonds is 12. The van der Waals surface area contributed by atoms with Crippen LogP contribution in [0.2, 0.25) is 0 Å². The number of hydrogen-bond acceptors (Lipinski definition) is 3. The maximum absolute atomic E-state index is 12.0. The maximum Gasteiger partial charge on any atom is 0.142 e. The van der Waals surface area contributed by atoms with E-state index in [4.69, 9.17) is 27.5 Å². The zero-order valence-corrected chi connectivity index (χ0v) is 21.8. The van der Waals surface area contributed by atoms with Gasteiger partial charge in [0.25, 0.3) is 0 Å². The fourth-order valence-corrected chi connectivity index (χ4v) is 3.57. The van der Waals surface area contributed by atoms with Gasteiger partial charge in [0.05, 0.1) is 7.11 Å². The van der Waals surface area contributed by atoms with E-state index in [0.717, 1.165) is 22.3 Å². The van der Waals surface area contributed by atoms with Gasteiger partial charge in [0.15, 0.2) is 0 Å². The van der Waals surface area contributed by atoms with Crippen LogP contribution in [0.1, 0.15) is 61.8 Å². The molecule has 0 bridgehead atoms. The molecule has 0 aliphatic heterocycles. The zero-order chi connectivity index (χ0) is 24.4. The van der Waals surface area contributed by atoms with Crippen LogP contribution in [0.3, 0.4) is 0 Å². The minimum Gasteiger partial charge on any atom is -0.496 e. The number of ketones is 1. The first-order valence-electron chi connectivity index (χ1n) is 10.8. The normalized spacial score (nSPS) is 18.1. The summed E-state index contributed by atoms with van der Waals surface area (Å²) < 4.78 is 11.2. The molecule has 0 amide bonds. The van der Waals surface area contributed by atoms with E-state index in [2.05, 4.69) is 44.9 Å². The molecule has 0 heterocycles. The standard InChI is InChI=1S/C27H41ClO3/c1-12-25(30-10)24(26(31-11)21(6)20(5)17-28)14-13-19(4)15-16-27(9,18(2)3)22(7)23(8)29/h1,13,15-16,18,22,25H,14,17H2,2-11H3/b16-15+,19-13+,21-20-,26-24+. The van der Waals surface area contributed by atoms with Crippen molar-refractivity contribution >= 4 is 17.4 Å². The van der Waals surface area contributed by atoms with Gasteiger partial charge in [-0.25, -0.2) is 0 Å². The molecule has 0 aromatic heterocycles. The fourth-order valence-electron chi connectivity index (χ4n) is 3.37. The molecule has 0 aromatic carbocycles. The SMILES string of the molecule is C#CC(OC)/C(C/C=C(C)/C=C/C(C)(C(C)C)C(C)C(C)=O)=C(OC)\C(C)=C(\C)CCl. The molecule has 0 fully saturated rings. The number of halogens is 1. The van der Waals surface area contributed by atoms with Crippen LogP contribution >= 0.6 is 11.6 Å². The highest BCUT2D eigenvalue weighted by Gasteiger charge is 2.34. The molecule has 0 aromatic rings. The Bertz CT molecular complexity index is 777. The van der Waals surface area contributed by atoms with Gasteiger partial charge in [-0.15, -0.1) is 18.0 Å². The number of methoxy groups -OCH3 is 2. The van der Waals surface area contributed by atoms with E-state index < -0.39 is 6.10 Å². The van der Waals surface area contributed by atoms with Crippen molar-refractivity contribution in [1.29, 1.82) is 0 Å². The molecule has 31 heavy (non-hydrogen) atoms. The number of ether oxygens (including phenoxy) is 2. The molecule has 0 aliphatic rings. The third-order valence-electron chi connectivity index (χ3n) is 6.52. The Morgan fingerprint density at radius 2 is 1.74 bits per heavy atom. The van der Waals surface area contributed by atoms with Gasteiger partial charge < -0.3 is 9.47 Å². The van der Waals surface area contributed by atoms with Gasteiger partial charge in [-0.3, -0.25) is 4.79 Å². The van der Waals surface area contributed by atoms with Gasteiger partial charge in [-0.1, -0.05) is 63.0 Å². The quantitative estimate of drug-likeness (QED) is 0.141. The molecule has 0 radical (unpaired) electrons. The predicted octanol–water partition coefficient (Wildman–Crippen LogP) is 6.89. The summed E-state index contributed by atoms with van der Waals surface area (Å²) in [7, 11) is 3.23. The first-order chi connectivity index (χ1) is 14.4. The Labute approximate surface area is 195 Å². The first-order valence-corrected chi connectivity index (χ1v) is 11.3. The van der Waals surface area contributed by atoms with Gasteiger partial charge in [0, 0.05) is 24.5 Å². The molecule has 0 spiro atoms. The molecule has 3 nitrogen and oxygen atoms in total. The van der Waals surface area contributed by atoms with Crippen molar-refractivity contribution in [2.75, 3.05) is 20.1 Å². The van der Waals surface area contributed by atoms with Crippen LogP contribution in [0.4, 0.5) is 0 Å². The van der Waals surface area contributed by atoms with Crippen LogP contribution in [0.5, 0.6) is 0 Å². The smallest absolute Gasteiger partial charge is 0.142 e. The molecule has 0 N–H and O–H groups in total. The van der Waals surface area contributed by atoms with Crippen LogP contribution in [-0.4, -0.2) is 32.0 Å². The van der Waals surface area contributed by atoms with E-state index in [1.165, 1.54) is 0 Å². The highest BCUT2D eigenvalue weighted by atomic mass is 35.5. The molecular formula is C27H41ClO3. The third kappa shape index (κ3) is 8.02. The second-order valence-electron chi connectivity index (χ2n) is 8.72. The van der Waals surface area contributed by atoms with Crippen LogP contribution in [-0.2, 0) is 14.3 Å². The van der Waals surface area contributed by atoms with Gasteiger partial charge in [-0.2, -0.15) is 0 Å². The summed E-state index contributed by atoms with van der Waals surface area (Å²) in [6, 6.07) is 0. The molecule has 0 saturated heterocycles. The van der Waals surface area contributed by atoms with Crippen molar-refractivity contribution in [2.45, 2.75) is 67.9 Å². The molecule has 3 atom stereocenters. The summed E-state index contributed by atoms with van der Waals surface area (Å²) >= 11 is 6.03. The van der Waals surface area contributed by atoms with Crippen molar-refractivity contribution in [3.05, 3.63) is 46.3 Å². The second kappa shape index (κ2) is 13.6. The van der Waals surface area contributed by atoms with E-state index in [1.807, 2.05) is 27.7 Å². The molecule has 3 unspecified atom stereocenters. The lowest BCUT2D eigenvalue weighted by molar-refractivity contribution is -0.123. The average Bonchev–Trinajstić information content (AvgIpc) is 2.74. The molecule has 0 saturated carbocycles. The van der Waals surface area contributed by atoms with E-state index in [-0.39, 0.29) is 17.1 Å². The van der Waals surface area contributed by atoms with Crippen molar-refractivity contribution < 1.29 is 14.3 Å². The van der Waals surface area contributed by atoms with Crippen molar-refractivity contribution in [2.24, 2.45) is 17.3 Å². The Kier molecular flexibility index (Phi) is 12.8. The zero-order valence-electron chi connectivity index (χ0n) is 21.1. The van der Waals surface area contributed by atoms with Gasteiger partial charge in [-0.05, 0) is 51.0 Å². The summed E-state index contributed by atoms with van der Waals surface area (Å²) in [6.07, 6.45) is 12.2. The molecule has 174 valence electrons. The minimum atomic E-state index is -0.500. The molecule has 0 aliphatic carbocycles. The first kappa shape index (κ1) is 29.2. The lowest BCUT2D eigenvalue weighted by Gasteiger charge is -2.35. The highest BCUT2D eigenvalue weighted by Crippen LogP contribution is 2.38. The molecular weight excluding hydrogens is 408 g/mol. The summed E-state index contributed by atoms with van der Waals surface area (Å²) in [5.41, 5.74) is 3.73. The summed E-state index contributed by atoms with van der Waals surface area (Å²) in [6.45, 7) is 16.1.